The highest BCUT2D eigenvalue weighted by Crippen LogP contribution is 2.18. The molecule has 150 valence electrons. The van der Waals surface area contributed by atoms with E-state index in [1.165, 1.54) is 0 Å². The summed E-state index contributed by atoms with van der Waals surface area (Å²) in [5.74, 6) is 0.809. The Morgan fingerprint density at radius 2 is 1.96 bits per heavy atom. The van der Waals surface area contributed by atoms with Gasteiger partial charge in [-0.25, -0.2) is 4.79 Å². The highest BCUT2D eigenvalue weighted by atomic mass is 16.6. The van der Waals surface area contributed by atoms with Crippen molar-refractivity contribution in [2.45, 2.75) is 31.8 Å². The first-order valence-electron chi connectivity index (χ1n) is 9.80. The average molecular weight is 386 g/mol. The van der Waals surface area contributed by atoms with Gasteiger partial charge in [-0.15, -0.1) is 0 Å². The number of hydrogen-bond donors (Lipinski definition) is 2. The van der Waals surface area contributed by atoms with Gasteiger partial charge in [0.2, 0.25) is 0 Å². The van der Waals surface area contributed by atoms with E-state index in [9.17, 15) is 9.59 Å². The van der Waals surface area contributed by atoms with E-state index in [-0.39, 0.29) is 24.1 Å². The summed E-state index contributed by atoms with van der Waals surface area (Å²) in [6.45, 7) is 3.69. The number of likely N-dealkylation sites (tertiary alicyclic amines) is 1. The van der Waals surface area contributed by atoms with Crippen molar-refractivity contribution < 1.29 is 24.1 Å². The topological polar surface area (TPSA) is 88.4 Å². The zero-order valence-corrected chi connectivity index (χ0v) is 16.2. The van der Waals surface area contributed by atoms with Crippen molar-refractivity contribution in [2.75, 3.05) is 26.2 Å². The summed E-state index contributed by atoms with van der Waals surface area (Å²) < 4.78 is 10.6. The van der Waals surface area contributed by atoms with Gasteiger partial charge in [-0.3, -0.25) is 4.79 Å². The molecular weight excluding hydrogens is 358 g/mol. The van der Waals surface area contributed by atoms with Crippen molar-refractivity contribution in [1.82, 2.24) is 10.2 Å². The van der Waals surface area contributed by atoms with E-state index in [1.54, 1.807) is 18.1 Å². The molecule has 2 aromatic rings. The minimum absolute atomic E-state index is 0.0120. The molecule has 1 saturated heterocycles. The van der Waals surface area contributed by atoms with Crippen molar-refractivity contribution in [2.24, 2.45) is 0 Å². The maximum Gasteiger partial charge on any atom is 0.409 e. The van der Waals surface area contributed by atoms with Crippen molar-refractivity contribution in [3.63, 3.8) is 0 Å². The number of hydrogen-bond acceptors (Lipinski definition) is 4. The summed E-state index contributed by atoms with van der Waals surface area (Å²) in [5, 5.41) is 5.07. The first-order valence-corrected chi connectivity index (χ1v) is 9.80. The number of carbonyl (C=O) groups excluding carboxylic acids is 2. The van der Waals surface area contributed by atoms with Gasteiger partial charge in [0.05, 0.1) is 12.9 Å². The Hall–Kier alpha value is -2.80. The lowest BCUT2D eigenvalue weighted by Gasteiger charge is -2.31. The van der Waals surface area contributed by atoms with Gasteiger partial charge in [0.25, 0.3) is 5.91 Å². The molecule has 1 fully saturated rings. The van der Waals surface area contributed by atoms with E-state index in [4.69, 9.17) is 9.15 Å². The lowest BCUT2D eigenvalue weighted by Crippen LogP contribution is -2.87. The Bertz CT molecular complexity index is 740. The Morgan fingerprint density at radius 3 is 2.61 bits per heavy atom. The lowest BCUT2D eigenvalue weighted by atomic mass is 10.0. The van der Waals surface area contributed by atoms with E-state index in [0.29, 0.717) is 26.2 Å². The fourth-order valence-electron chi connectivity index (χ4n) is 3.48. The number of quaternary nitrogens is 1. The Kier molecular flexibility index (Phi) is 7.08. The van der Waals surface area contributed by atoms with E-state index >= 15 is 0 Å². The smallest absolute Gasteiger partial charge is 0.409 e. The maximum atomic E-state index is 12.5. The normalized spacial score (nSPS) is 15.8. The molecule has 2 amide bonds. The Labute approximate surface area is 165 Å². The molecule has 0 aliphatic carbocycles. The number of nitrogens with zero attached hydrogens (tertiary/aromatic N) is 1. The quantitative estimate of drug-likeness (QED) is 0.758. The third-order valence-electron chi connectivity index (χ3n) is 4.93. The summed E-state index contributed by atoms with van der Waals surface area (Å²) in [6.07, 6.45) is 2.86. The molecule has 0 radical (unpaired) electrons. The van der Waals surface area contributed by atoms with Crippen molar-refractivity contribution in [1.29, 1.82) is 0 Å². The van der Waals surface area contributed by atoms with Crippen LogP contribution < -0.4 is 10.6 Å². The maximum absolute atomic E-state index is 12.5. The number of benzene rings is 1. The molecule has 1 aromatic heterocycles. The standard InChI is InChI=1S/C21H27N3O4/c1-2-27-21(26)24-12-10-17(11-13-24)23-19(25)15-22-20(18-9-6-14-28-18)16-7-4-3-5-8-16/h3-9,14,17,20,22H,2,10-13,15H2,1H3,(H,23,25)/p+1/t20-/m1/s1. The molecular formula is C21H28N3O4+. The molecule has 1 aliphatic heterocycles. The second-order valence-electron chi connectivity index (χ2n) is 6.87. The summed E-state index contributed by atoms with van der Waals surface area (Å²) in [7, 11) is 0. The van der Waals surface area contributed by atoms with Crippen LogP contribution in [0, 0.1) is 0 Å². The number of piperidine rings is 1. The molecule has 3 rings (SSSR count). The molecule has 7 heteroatoms. The van der Waals surface area contributed by atoms with Crippen LogP contribution in [0.3, 0.4) is 0 Å². The third-order valence-corrected chi connectivity index (χ3v) is 4.93. The van der Waals surface area contributed by atoms with Gasteiger partial charge in [-0.2, -0.15) is 0 Å². The van der Waals surface area contributed by atoms with Gasteiger partial charge in [-0.05, 0) is 31.9 Å². The number of nitrogens with two attached hydrogens (primary N) is 1. The van der Waals surface area contributed by atoms with Crippen LogP contribution in [0.4, 0.5) is 4.79 Å². The zero-order chi connectivity index (χ0) is 19.8. The van der Waals surface area contributed by atoms with Crippen molar-refractivity contribution in [3.05, 3.63) is 60.1 Å². The fourth-order valence-corrected chi connectivity index (χ4v) is 3.48. The molecule has 0 spiro atoms. The molecule has 1 atom stereocenters. The van der Waals surface area contributed by atoms with Crippen LogP contribution in [0.25, 0.3) is 0 Å². The molecule has 2 heterocycles. The molecule has 7 nitrogen and oxygen atoms in total. The van der Waals surface area contributed by atoms with Gasteiger partial charge in [0.15, 0.2) is 18.3 Å². The fraction of sp³-hybridized carbons (Fsp3) is 0.429. The van der Waals surface area contributed by atoms with Gasteiger partial charge >= 0.3 is 6.09 Å². The van der Waals surface area contributed by atoms with E-state index < -0.39 is 0 Å². The lowest BCUT2D eigenvalue weighted by molar-refractivity contribution is -0.678. The van der Waals surface area contributed by atoms with Crippen LogP contribution in [0.5, 0.6) is 0 Å². The number of furan rings is 1. The monoisotopic (exact) mass is 386 g/mol. The number of amides is 2. The van der Waals surface area contributed by atoms with Crippen LogP contribution in [-0.4, -0.2) is 49.2 Å². The SMILES string of the molecule is CCOC(=O)N1CCC(NC(=O)C[NH2+][C@H](c2ccccc2)c2ccco2)CC1. The van der Waals surface area contributed by atoms with Crippen LogP contribution >= 0.6 is 0 Å². The van der Waals surface area contributed by atoms with E-state index in [0.717, 1.165) is 24.2 Å². The molecule has 3 N–H and O–H groups in total. The number of rotatable bonds is 7. The molecule has 28 heavy (non-hydrogen) atoms. The Balaban J connectivity index is 1.49. The summed E-state index contributed by atoms with van der Waals surface area (Å²) >= 11 is 0. The first kappa shape index (κ1) is 19.9. The highest BCUT2D eigenvalue weighted by Gasteiger charge is 2.26. The average Bonchev–Trinajstić information content (AvgIpc) is 3.24. The van der Waals surface area contributed by atoms with Crippen LogP contribution in [0.1, 0.15) is 37.1 Å². The minimum atomic E-state index is -0.273. The second kappa shape index (κ2) is 9.94. The van der Waals surface area contributed by atoms with E-state index in [2.05, 4.69) is 5.32 Å². The third kappa shape index (κ3) is 5.36. The predicted molar refractivity (Wildman–Crippen MR) is 104 cm³/mol. The number of ether oxygens (including phenoxy) is 1. The molecule has 1 aliphatic rings. The van der Waals surface area contributed by atoms with Gasteiger partial charge in [-0.1, -0.05) is 30.3 Å². The molecule has 0 unspecified atom stereocenters. The second-order valence-corrected chi connectivity index (χ2v) is 6.87. The summed E-state index contributed by atoms with van der Waals surface area (Å²) in [4.78, 5) is 25.9. The summed E-state index contributed by atoms with van der Waals surface area (Å²) in [6, 6.07) is 13.8. The van der Waals surface area contributed by atoms with E-state index in [1.807, 2.05) is 47.8 Å². The van der Waals surface area contributed by atoms with Gasteiger partial charge < -0.3 is 24.7 Å². The van der Waals surface area contributed by atoms with Crippen molar-refractivity contribution in [3.8, 4) is 0 Å². The molecule has 0 saturated carbocycles. The van der Waals surface area contributed by atoms with Crippen LogP contribution in [0.2, 0.25) is 0 Å². The molecule has 0 bridgehead atoms. The van der Waals surface area contributed by atoms with Crippen LogP contribution in [-0.2, 0) is 9.53 Å². The zero-order valence-electron chi connectivity index (χ0n) is 16.2. The van der Waals surface area contributed by atoms with Crippen molar-refractivity contribution >= 4 is 12.0 Å². The molecule has 1 aromatic carbocycles. The number of nitrogens with one attached hydrogen (secondary N) is 1. The predicted octanol–water partition coefficient (Wildman–Crippen LogP) is 1.67. The minimum Gasteiger partial charge on any atom is -0.463 e. The summed E-state index contributed by atoms with van der Waals surface area (Å²) in [5.41, 5.74) is 1.09. The van der Waals surface area contributed by atoms with Crippen LogP contribution in [0.15, 0.2) is 53.1 Å². The largest absolute Gasteiger partial charge is 0.463 e. The van der Waals surface area contributed by atoms with Gasteiger partial charge in [0.1, 0.15) is 0 Å². The van der Waals surface area contributed by atoms with Gasteiger partial charge in [0, 0.05) is 24.7 Å². The Morgan fingerprint density at radius 1 is 1.21 bits per heavy atom. The highest BCUT2D eigenvalue weighted by molar-refractivity contribution is 5.77. The first-order chi connectivity index (χ1) is 13.7. The number of carbonyl (C=O) groups is 2.